The summed E-state index contributed by atoms with van der Waals surface area (Å²) in [5, 5.41) is 4.28. The largest absolute Gasteiger partial charge is 0.374 e. The Balaban J connectivity index is 1.41. The van der Waals surface area contributed by atoms with Crippen molar-refractivity contribution in [2.75, 3.05) is 25.5 Å². The van der Waals surface area contributed by atoms with Crippen LogP contribution in [0.15, 0.2) is 36.7 Å². The van der Waals surface area contributed by atoms with Gasteiger partial charge in [0.1, 0.15) is 22.8 Å². The van der Waals surface area contributed by atoms with E-state index in [-0.39, 0.29) is 16.9 Å². The molecule has 0 spiro atoms. The van der Waals surface area contributed by atoms with Crippen LogP contribution in [0.5, 0.6) is 0 Å². The lowest BCUT2D eigenvalue weighted by Gasteiger charge is -2.19. The lowest BCUT2D eigenvalue weighted by atomic mass is 10.0. The second-order valence-corrected chi connectivity index (χ2v) is 11.1. The van der Waals surface area contributed by atoms with Crippen LogP contribution in [-0.4, -0.2) is 53.0 Å². The molecular weight excluding hydrogens is 511 g/mol. The Hall–Kier alpha value is -2.39. The summed E-state index contributed by atoms with van der Waals surface area (Å²) in [6.07, 6.45) is 10.9. The minimum Gasteiger partial charge on any atom is -0.374 e. The van der Waals surface area contributed by atoms with Gasteiger partial charge in [0.25, 0.3) is 0 Å². The number of anilines is 2. The number of ketones is 1. The first-order valence-corrected chi connectivity index (χ1v) is 14.0. The second kappa shape index (κ2) is 12.9. The molecule has 0 aliphatic carbocycles. The van der Waals surface area contributed by atoms with E-state index < -0.39 is 5.82 Å². The normalized spacial score (nSPS) is 17.9. The van der Waals surface area contributed by atoms with Gasteiger partial charge >= 0.3 is 0 Å². The summed E-state index contributed by atoms with van der Waals surface area (Å²) in [6.45, 7) is 5.85. The van der Waals surface area contributed by atoms with E-state index in [1.165, 1.54) is 18.0 Å². The van der Waals surface area contributed by atoms with Crippen LogP contribution in [0.2, 0.25) is 5.02 Å². The van der Waals surface area contributed by atoms with E-state index in [2.05, 4.69) is 41.1 Å². The summed E-state index contributed by atoms with van der Waals surface area (Å²) in [7, 11) is 2.06. The first-order valence-electron chi connectivity index (χ1n) is 12.8. The van der Waals surface area contributed by atoms with Gasteiger partial charge in [-0.25, -0.2) is 14.4 Å². The summed E-state index contributed by atoms with van der Waals surface area (Å²) >= 11 is 7.57. The molecule has 3 aromatic rings. The number of hydrogen-bond acceptors (Lipinski definition) is 7. The zero-order chi connectivity index (χ0) is 26.4. The van der Waals surface area contributed by atoms with Crippen LogP contribution in [0, 0.1) is 5.82 Å². The fraction of sp³-hybridized carbons (Fsp3) is 0.464. The molecular formula is C28H34ClFN4O2S. The Morgan fingerprint density at radius 3 is 2.89 bits per heavy atom. The van der Waals surface area contributed by atoms with Crippen LogP contribution in [0.3, 0.4) is 0 Å². The number of aromatic nitrogens is 2. The van der Waals surface area contributed by atoms with Gasteiger partial charge in [-0.1, -0.05) is 31.0 Å². The molecule has 9 heteroatoms. The third-order valence-corrected chi connectivity index (χ3v) is 8.00. The van der Waals surface area contributed by atoms with E-state index in [4.69, 9.17) is 16.3 Å². The minimum atomic E-state index is -0.465. The van der Waals surface area contributed by atoms with E-state index in [1.54, 1.807) is 29.5 Å². The predicted molar refractivity (Wildman–Crippen MR) is 150 cm³/mol. The van der Waals surface area contributed by atoms with E-state index >= 15 is 0 Å². The van der Waals surface area contributed by atoms with Crippen molar-refractivity contribution in [3.05, 3.63) is 58.0 Å². The van der Waals surface area contributed by atoms with Crippen molar-refractivity contribution in [2.45, 2.75) is 64.6 Å². The molecule has 1 saturated heterocycles. The Kier molecular flexibility index (Phi) is 9.65. The van der Waals surface area contributed by atoms with Crippen molar-refractivity contribution in [3.8, 4) is 0 Å². The summed E-state index contributed by atoms with van der Waals surface area (Å²) in [5.74, 6) is 0.310. The minimum absolute atomic E-state index is 0.0503. The summed E-state index contributed by atoms with van der Waals surface area (Å²) in [6, 6.07) is 4.50. The van der Waals surface area contributed by atoms with Gasteiger partial charge in [-0.3, -0.25) is 4.79 Å². The molecule has 0 radical (unpaired) electrons. The number of carbonyl (C=O) groups excluding carboxylic acids is 1. The number of rotatable bonds is 12. The lowest BCUT2D eigenvalue weighted by Crippen LogP contribution is -2.29. The van der Waals surface area contributed by atoms with E-state index in [9.17, 15) is 9.18 Å². The van der Waals surface area contributed by atoms with Crippen molar-refractivity contribution in [1.82, 2.24) is 14.9 Å². The van der Waals surface area contributed by atoms with Gasteiger partial charge in [0.15, 0.2) is 5.78 Å². The van der Waals surface area contributed by atoms with Gasteiger partial charge in [-0.2, -0.15) is 0 Å². The molecule has 0 saturated carbocycles. The summed E-state index contributed by atoms with van der Waals surface area (Å²) in [5.41, 5.74) is 1.82. The first-order chi connectivity index (χ1) is 17.8. The van der Waals surface area contributed by atoms with Crippen molar-refractivity contribution >= 4 is 50.4 Å². The number of nitrogens with zero attached hydrogens (tertiary/aromatic N) is 3. The molecule has 1 aliphatic heterocycles. The fourth-order valence-corrected chi connectivity index (χ4v) is 6.05. The van der Waals surface area contributed by atoms with Gasteiger partial charge < -0.3 is 15.0 Å². The standard InChI is InChI=1S/C28H34ClFN4O2S/c1-4-6-22-25(13-10-20(35)7-5-14-34(3)16-21-11-8-18(2)36-21)37-28-26(22)27(31-17-32-28)33-19-9-12-24(30)23(29)15-19/h5,7,9,12,15,17-18,21H,4,6,8,10-11,13-14,16H2,1-3H3,(H,31,32,33)/b7-5+. The average molecular weight is 545 g/mol. The zero-order valence-corrected chi connectivity index (χ0v) is 23.2. The molecule has 3 heterocycles. The van der Waals surface area contributed by atoms with Crippen LogP contribution in [0.25, 0.3) is 10.2 Å². The smallest absolute Gasteiger partial charge is 0.155 e. The number of likely N-dealkylation sites (N-methyl/N-ethyl adjacent to an activating group) is 1. The second-order valence-electron chi connectivity index (χ2n) is 9.65. The van der Waals surface area contributed by atoms with Crippen molar-refractivity contribution in [3.63, 3.8) is 0 Å². The molecule has 4 rings (SSSR count). The molecule has 1 fully saturated rings. The maximum absolute atomic E-state index is 13.6. The summed E-state index contributed by atoms with van der Waals surface area (Å²) < 4.78 is 19.5. The molecule has 0 bridgehead atoms. The maximum Gasteiger partial charge on any atom is 0.155 e. The number of fused-ring (bicyclic) bond motifs is 1. The molecule has 37 heavy (non-hydrogen) atoms. The fourth-order valence-electron chi connectivity index (χ4n) is 4.68. The van der Waals surface area contributed by atoms with Gasteiger partial charge in [-0.05, 0) is 69.5 Å². The van der Waals surface area contributed by atoms with E-state index in [1.807, 2.05) is 6.08 Å². The van der Waals surface area contributed by atoms with Crippen LogP contribution >= 0.6 is 22.9 Å². The Morgan fingerprint density at radius 2 is 2.16 bits per heavy atom. The van der Waals surface area contributed by atoms with Crippen molar-refractivity contribution in [1.29, 1.82) is 0 Å². The quantitative estimate of drug-likeness (QED) is 0.255. The highest BCUT2D eigenvalue weighted by molar-refractivity contribution is 7.19. The number of aryl methyl sites for hydroxylation is 2. The highest BCUT2D eigenvalue weighted by Gasteiger charge is 2.22. The predicted octanol–water partition coefficient (Wildman–Crippen LogP) is 6.74. The highest BCUT2D eigenvalue weighted by atomic mass is 35.5. The van der Waals surface area contributed by atoms with Gasteiger partial charge in [0.2, 0.25) is 0 Å². The van der Waals surface area contributed by atoms with Crippen LogP contribution in [-0.2, 0) is 22.4 Å². The van der Waals surface area contributed by atoms with Crippen molar-refractivity contribution in [2.24, 2.45) is 0 Å². The van der Waals surface area contributed by atoms with Gasteiger partial charge in [0, 0.05) is 30.1 Å². The first kappa shape index (κ1) is 27.6. The number of halogens is 2. The van der Waals surface area contributed by atoms with Crippen LogP contribution in [0.1, 0.15) is 50.0 Å². The number of nitrogens with one attached hydrogen (secondary N) is 1. The molecule has 2 aromatic heterocycles. The van der Waals surface area contributed by atoms with Crippen molar-refractivity contribution < 1.29 is 13.9 Å². The summed E-state index contributed by atoms with van der Waals surface area (Å²) in [4.78, 5) is 25.8. The van der Waals surface area contributed by atoms with E-state index in [0.717, 1.165) is 53.9 Å². The molecule has 6 nitrogen and oxygen atoms in total. The molecule has 1 aliphatic rings. The third-order valence-electron chi connectivity index (χ3n) is 6.51. The Morgan fingerprint density at radius 1 is 1.32 bits per heavy atom. The molecule has 2 unspecified atom stereocenters. The number of thiophene rings is 1. The van der Waals surface area contributed by atoms with Crippen LogP contribution < -0.4 is 5.32 Å². The molecule has 1 aromatic carbocycles. The molecule has 0 amide bonds. The molecule has 2 atom stereocenters. The number of ether oxygens (including phenoxy) is 1. The van der Waals surface area contributed by atoms with E-state index in [0.29, 0.717) is 30.5 Å². The highest BCUT2D eigenvalue weighted by Crippen LogP contribution is 2.37. The maximum atomic E-state index is 13.6. The Bertz CT molecular complexity index is 1260. The number of hydrogen-bond donors (Lipinski definition) is 1. The van der Waals surface area contributed by atoms with Gasteiger partial charge in [0.05, 0.1) is 22.6 Å². The van der Waals surface area contributed by atoms with Gasteiger partial charge in [-0.15, -0.1) is 11.3 Å². The lowest BCUT2D eigenvalue weighted by molar-refractivity contribution is -0.114. The zero-order valence-electron chi connectivity index (χ0n) is 21.6. The number of carbonyl (C=O) groups is 1. The average Bonchev–Trinajstić information content (AvgIpc) is 3.43. The third kappa shape index (κ3) is 7.35. The number of allylic oxidation sites excluding steroid dienone is 1. The molecule has 1 N–H and O–H groups in total. The Labute approximate surface area is 226 Å². The van der Waals surface area contributed by atoms with Crippen LogP contribution in [0.4, 0.5) is 15.9 Å². The SMILES string of the molecule is CCCc1c(CCC(=O)/C=C/CN(C)CC2CCC(C)O2)sc2ncnc(Nc3ccc(F)c(Cl)c3)c12. The number of benzene rings is 1. The monoisotopic (exact) mass is 544 g/mol. The molecule has 198 valence electrons. The topological polar surface area (TPSA) is 67.4 Å².